The Morgan fingerprint density at radius 3 is 2.59 bits per heavy atom. The molecule has 2 aromatic carbocycles. The van der Waals surface area contributed by atoms with Crippen LogP contribution in [0, 0.1) is 0 Å². The Labute approximate surface area is 172 Å². The predicted octanol–water partition coefficient (Wildman–Crippen LogP) is 5.83. The number of ether oxygens (including phenoxy) is 1. The van der Waals surface area contributed by atoms with Crippen molar-refractivity contribution in [2.75, 3.05) is 0 Å². The van der Waals surface area contributed by atoms with Crippen molar-refractivity contribution in [1.29, 1.82) is 0 Å². The minimum absolute atomic E-state index is 0.0771. The van der Waals surface area contributed by atoms with Crippen LogP contribution in [0.5, 0.6) is 5.75 Å². The van der Waals surface area contributed by atoms with Gasteiger partial charge in [-0.2, -0.15) is 0 Å². The summed E-state index contributed by atoms with van der Waals surface area (Å²) in [5, 5.41) is 6.56. The van der Waals surface area contributed by atoms with Gasteiger partial charge in [0.25, 0.3) is 5.91 Å². The van der Waals surface area contributed by atoms with E-state index in [1.54, 1.807) is 17.5 Å². The molecular weight excluding hydrogens is 403 g/mol. The molecule has 4 nitrogen and oxygen atoms in total. The molecule has 0 aliphatic rings. The molecule has 0 spiro atoms. The van der Waals surface area contributed by atoms with Gasteiger partial charge >= 0.3 is 0 Å². The molecule has 0 saturated carbocycles. The molecule has 140 valence electrons. The first-order valence-electron chi connectivity index (χ1n) is 8.36. The number of amides is 1. The molecule has 0 atom stereocenters. The Kier molecular flexibility index (Phi) is 6.37. The number of nitrogens with zero attached hydrogens (tertiary/aromatic N) is 1. The molecule has 0 unspecified atom stereocenters. The molecule has 0 aliphatic heterocycles. The second kappa shape index (κ2) is 8.74. The van der Waals surface area contributed by atoms with E-state index in [1.165, 1.54) is 11.3 Å². The van der Waals surface area contributed by atoms with Crippen molar-refractivity contribution in [2.45, 2.75) is 26.5 Å². The van der Waals surface area contributed by atoms with Crippen LogP contribution in [-0.4, -0.2) is 16.9 Å². The third kappa shape index (κ3) is 5.22. The number of benzene rings is 2. The van der Waals surface area contributed by atoms with Gasteiger partial charge < -0.3 is 10.1 Å². The molecular formula is C20H18Cl2N2O2S. The van der Waals surface area contributed by atoms with E-state index in [4.69, 9.17) is 27.9 Å². The van der Waals surface area contributed by atoms with Crippen molar-refractivity contribution in [3.63, 3.8) is 0 Å². The number of hydrogen-bond donors (Lipinski definition) is 1. The minimum Gasteiger partial charge on any atom is -0.489 e. The number of nitrogens with one attached hydrogen (secondary N) is 1. The summed E-state index contributed by atoms with van der Waals surface area (Å²) in [5.41, 5.74) is 2.23. The third-order valence-corrected chi connectivity index (χ3v) is 5.15. The van der Waals surface area contributed by atoms with Gasteiger partial charge in [-0.3, -0.25) is 4.79 Å². The summed E-state index contributed by atoms with van der Waals surface area (Å²) in [6.07, 6.45) is 0. The zero-order valence-corrected chi connectivity index (χ0v) is 17.2. The molecule has 7 heteroatoms. The number of rotatable bonds is 6. The first-order valence-corrected chi connectivity index (χ1v) is 9.99. The normalized spacial score (nSPS) is 10.9. The van der Waals surface area contributed by atoms with E-state index in [0.29, 0.717) is 22.3 Å². The van der Waals surface area contributed by atoms with E-state index in [9.17, 15) is 4.79 Å². The van der Waals surface area contributed by atoms with Gasteiger partial charge in [0.05, 0.1) is 0 Å². The highest BCUT2D eigenvalue weighted by molar-refractivity contribution is 7.13. The lowest BCUT2D eigenvalue weighted by Crippen LogP contribution is -2.30. The van der Waals surface area contributed by atoms with Crippen molar-refractivity contribution in [1.82, 2.24) is 10.3 Å². The molecule has 0 saturated heterocycles. The number of hydrogen-bond acceptors (Lipinski definition) is 4. The number of carbonyl (C=O) groups excluding carboxylic acids is 1. The second-order valence-electron chi connectivity index (χ2n) is 6.21. The van der Waals surface area contributed by atoms with Gasteiger partial charge in [0.15, 0.2) is 0 Å². The summed E-state index contributed by atoms with van der Waals surface area (Å²) >= 11 is 13.5. The fourth-order valence-corrected chi connectivity index (χ4v) is 3.61. The van der Waals surface area contributed by atoms with Gasteiger partial charge in [0, 0.05) is 32.6 Å². The summed E-state index contributed by atoms with van der Waals surface area (Å²) in [4.78, 5) is 16.4. The fourth-order valence-electron chi connectivity index (χ4n) is 2.34. The van der Waals surface area contributed by atoms with E-state index in [0.717, 1.165) is 21.9 Å². The average Bonchev–Trinajstić information content (AvgIpc) is 3.11. The molecule has 0 radical (unpaired) electrons. The molecule has 1 aromatic heterocycles. The topological polar surface area (TPSA) is 51.2 Å². The molecule has 0 aliphatic carbocycles. The minimum atomic E-state index is -0.160. The molecule has 0 bridgehead atoms. The summed E-state index contributed by atoms with van der Waals surface area (Å²) in [6.45, 7) is 4.19. The standard InChI is InChI=1S/C20H18Cl2N2O2S/c1-12(2)23-19(25)18-11-27-20(24-18)13-4-7-16(8-5-13)26-10-14-3-6-15(21)9-17(14)22/h3-9,11-12H,10H2,1-2H3,(H,23,25). The van der Waals surface area contributed by atoms with Crippen molar-refractivity contribution < 1.29 is 9.53 Å². The molecule has 1 amide bonds. The first kappa shape index (κ1) is 19.7. The number of aromatic nitrogens is 1. The Balaban J connectivity index is 1.65. The maximum absolute atomic E-state index is 12.0. The maximum atomic E-state index is 12.0. The highest BCUT2D eigenvalue weighted by atomic mass is 35.5. The Morgan fingerprint density at radius 1 is 1.19 bits per heavy atom. The van der Waals surface area contributed by atoms with Crippen LogP contribution in [0.3, 0.4) is 0 Å². The summed E-state index contributed by atoms with van der Waals surface area (Å²) in [7, 11) is 0. The van der Waals surface area contributed by atoms with E-state index in [-0.39, 0.29) is 11.9 Å². The van der Waals surface area contributed by atoms with E-state index in [2.05, 4.69) is 10.3 Å². The van der Waals surface area contributed by atoms with Crippen LogP contribution in [0.15, 0.2) is 47.8 Å². The van der Waals surface area contributed by atoms with Crippen LogP contribution in [0.2, 0.25) is 10.0 Å². The lowest BCUT2D eigenvalue weighted by molar-refractivity contribution is 0.0939. The summed E-state index contributed by atoms with van der Waals surface area (Å²) < 4.78 is 5.78. The van der Waals surface area contributed by atoms with Gasteiger partial charge in [-0.05, 0) is 50.2 Å². The maximum Gasteiger partial charge on any atom is 0.270 e. The SMILES string of the molecule is CC(C)NC(=O)c1csc(-c2ccc(OCc3ccc(Cl)cc3Cl)cc2)n1. The average molecular weight is 421 g/mol. The Morgan fingerprint density at radius 2 is 1.93 bits per heavy atom. The highest BCUT2D eigenvalue weighted by Gasteiger charge is 2.12. The zero-order chi connectivity index (χ0) is 19.4. The van der Waals surface area contributed by atoms with Crippen molar-refractivity contribution in [3.05, 3.63) is 69.1 Å². The van der Waals surface area contributed by atoms with Crippen molar-refractivity contribution in [3.8, 4) is 16.3 Å². The zero-order valence-electron chi connectivity index (χ0n) is 14.8. The third-order valence-electron chi connectivity index (χ3n) is 3.67. The Hall–Kier alpha value is -2.08. The number of thiazole rings is 1. The highest BCUT2D eigenvalue weighted by Crippen LogP contribution is 2.27. The van der Waals surface area contributed by atoms with Gasteiger partial charge in [-0.25, -0.2) is 4.98 Å². The molecule has 3 rings (SSSR count). The number of halogens is 2. The smallest absolute Gasteiger partial charge is 0.270 e. The number of carbonyl (C=O) groups is 1. The molecule has 3 aromatic rings. The van der Waals surface area contributed by atoms with E-state index in [1.807, 2.05) is 44.2 Å². The quantitative estimate of drug-likeness (QED) is 0.545. The first-order chi connectivity index (χ1) is 12.9. The van der Waals surface area contributed by atoms with Crippen LogP contribution in [-0.2, 0) is 6.61 Å². The predicted molar refractivity (Wildman–Crippen MR) is 111 cm³/mol. The van der Waals surface area contributed by atoms with E-state index < -0.39 is 0 Å². The van der Waals surface area contributed by atoms with Crippen molar-refractivity contribution >= 4 is 40.4 Å². The largest absolute Gasteiger partial charge is 0.489 e. The second-order valence-corrected chi connectivity index (χ2v) is 7.92. The van der Waals surface area contributed by atoms with Crippen LogP contribution in [0.25, 0.3) is 10.6 Å². The van der Waals surface area contributed by atoms with Crippen LogP contribution >= 0.6 is 34.5 Å². The lowest BCUT2D eigenvalue weighted by atomic mass is 10.2. The molecule has 0 fully saturated rings. The van der Waals surface area contributed by atoms with Crippen LogP contribution in [0.4, 0.5) is 0 Å². The molecule has 27 heavy (non-hydrogen) atoms. The Bertz CT molecular complexity index is 939. The van der Waals surface area contributed by atoms with Crippen LogP contribution in [0.1, 0.15) is 29.9 Å². The van der Waals surface area contributed by atoms with E-state index >= 15 is 0 Å². The fraction of sp³-hybridized carbons (Fsp3) is 0.200. The van der Waals surface area contributed by atoms with Gasteiger partial charge in [0.1, 0.15) is 23.1 Å². The van der Waals surface area contributed by atoms with Crippen LogP contribution < -0.4 is 10.1 Å². The molecule has 1 N–H and O–H groups in total. The van der Waals surface area contributed by atoms with Gasteiger partial charge in [-0.1, -0.05) is 29.3 Å². The lowest BCUT2D eigenvalue weighted by Gasteiger charge is -2.08. The van der Waals surface area contributed by atoms with Crippen molar-refractivity contribution in [2.24, 2.45) is 0 Å². The summed E-state index contributed by atoms with van der Waals surface area (Å²) in [5.74, 6) is 0.561. The monoisotopic (exact) mass is 420 g/mol. The van der Waals surface area contributed by atoms with Gasteiger partial charge in [-0.15, -0.1) is 11.3 Å². The molecule has 1 heterocycles. The summed E-state index contributed by atoms with van der Waals surface area (Å²) in [6, 6.07) is 13.0. The van der Waals surface area contributed by atoms with Gasteiger partial charge in [0.2, 0.25) is 0 Å².